The molecule has 1 saturated carbocycles. The van der Waals surface area contributed by atoms with Crippen molar-refractivity contribution in [2.75, 3.05) is 6.61 Å². The first-order valence-corrected chi connectivity index (χ1v) is 8.37. The summed E-state index contributed by atoms with van der Waals surface area (Å²) in [5.74, 6) is 6.52. The highest BCUT2D eigenvalue weighted by atomic mass is 16.5. The molecule has 1 aliphatic heterocycles. The molecule has 1 spiro atoms. The van der Waals surface area contributed by atoms with Crippen molar-refractivity contribution < 1.29 is 4.74 Å². The van der Waals surface area contributed by atoms with Gasteiger partial charge in [0.25, 0.3) is 0 Å². The van der Waals surface area contributed by atoms with Crippen molar-refractivity contribution in [3.63, 3.8) is 0 Å². The summed E-state index contributed by atoms with van der Waals surface area (Å²) < 4.78 is 6.16. The fraction of sp³-hybridized carbons (Fsp3) is 0.667. The van der Waals surface area contributed by atoms with E-state index < -0.39 is 0 Å². The third kappa shape index (κ3) is 3.31. The Labute approximate surface area is 128 Å². The lowest BCUT2D eigenvalue weighted by Gasteiger charge is -2.41. The van der Waals surface area contributed by atoms with E-state index in [4.69, 9.17) is 10.6 Å². The minimum absolute atomic E-state index is 0.170. The van der Waals surface area contributed by atoms with E-state index in [1.807, 2.05) is 0 Å². The number of hydrogen-bond acceptors (Lipinski definition) is 3. The van der Waals surface area contributed by atoms with Crippen LogP contribution in [0.25, 0.3) is 0 Å². The molecule has 3 N–H and O–H groups in total. The highest BCUT2D eigenvalue weighted by Crippen LogP contribution is 2.43. The first-order chi connectivity index (χ1) is 10.2. The average Bonchev–Trinajstić information content (AvgIpc) is 2.94. The third-order valence-corrected chi connectivity index (χ3v) is 5.53. The monoisotopic (exact) mass is 288 g/mol. The first-order valence-electron chi connectivity index (χ1n) is 8.37. The minimum Gasteiger partial charge on any atom is -0.375 e. The van der Waals surface area contributed by atoms with Gasteiger partial charge in [-0.15, -0.1) is 0 Å². The van der Waals surface area contributed by atoms with Crippen LogP contribution in [0.5, 0.6) is 0 Å². The van der Waals surface area contributed by atoms with Gasteiger partial charge in [0.2, 0.25) is 0 Å². The molecule has 0 radical (unpaired) electrons. The van der Waals surface area contributed by atoms with Crippen LogP contribution in [0.1, 0.15) is 49.7 Å². The van der Waals surface area contributed by atoms with Crippen LogP contribution < -0.4 is 11.3 Å². The molecule has 2 unspecified atom stereocenters. The fourth-order valence-corrected chi connectivity index (χ4v) is 4.21. The quantitative estimate of drug-likeness (QED) is 0.661. The van der Waals surface area contributed by atoms with Crippen LogP contribution in [-0.4, -0.2) is 18.2 Å². The average molecular weight is 288 g/mol. The van der Waals surface area contributed by atoms with Crippen LogP contribution >= 0.6 is 0 Å². The minimum atomic E-state index is 0.170. The van der Waals surface area contributed by atoms with Crippen LogP contribution in [0.2, 0.25) is 0 Å². The van der Waals surface area contributed by atoms with Crippen LogP contribution in [-0.2, 0) is 11.2 Å². The number of aryl methyl sites for hydroxylation is 1. The van der Waals surface area contributed by atoms with Crippen molar-refractivity contribution in [1.29, 1.82) is 0 Å². The zero-order valence-corrected chi connectivity index (χ0v) is 13.1. The maximum atomic E-state index is 6.16. The number of nitrogens with one attached hydrogen (secondary N) is 1. The predicted molar refractivity (Wildman–Crippen MR) is 85.9 cm³/mol. The smallest absolute Gasteiger partial charge is 0.0685 e. The Morgan fingerprint density at radius 3 is 2.81 bits per heavy atom. The number of ether oxygens (including phenoxy) is 1. The van der Waals surface area contributed by atoms with Crippen molar-refractivity contribution in [2.24, 2.45) is 11.8 Å². The van der Waals surface area contributed by atoms with E-state index in [1.54, 1.807) is 0 Å². The second-order valence-electron chi connectivity index (χ2n) is 6.90. The summed E-state index contributed by atoms with van der Waals surface area (Å²) in [6, 6.07) is 8.99. The number of hydrazine groups is 1. The second-order valence-corrected chi connectivity index (χ2v) is 6.90. The largest absolute Gasteiger partial charge is 0.375 e. The van der Waals surface area contributed by atoms with Gasteiger partial charge in [-0.3, -0.25) is 11.3 Å². The van der Waals surface area contributed by atoms with E-state index in [0.717, 1.165) is 19.4 Å². The molecule has 3 rings (SSSR count). The number of nitrogens with two attached hydrogens (primary N) is 1. The molecule has 3 heteroatoms. The molecule has 2 atom stereocenters. The maximum absolute atomic E-state index is 6.16. The lowest BCUT2D eigenvalue weighted by Crippen LogP contribution is -2.48. The van der Waals surface area contributed by atoms with Crippen LogP contribution in [0.15, 0.2) is 24.3 Å². The van der Waals surface area contributed by atoms with Crippen LogP contribution in [0.3, 0.4) is 0 Å². The number of rotatable bonds is 4. The number of hydrogen-bond donors (Lipinski definition) is 2. The Morgan fingerprint density at radius 1 is 1.33 bits per heavy atom. The van der Waals surface area contributed by atoms with Crippen molar-refractivity contribution in [1.82, 2.24) is 5.43 Å². The lowest BCUT2D eigenvalue weighted by molar-refractivity contribution is -0.0978. The van der Waals surface area contributed by atoms with Gasteiger partial charge >= 0.3 is 0 Å². The maximum Gasteiger partial charge on any atom is 0.0685 e. The zero-order valence-electron chi connectivity index (χ0n) is 13.1. The Balaban J connectivity index is 1.69. The van der Waals surface area contributed by atoms with Gasteiger partial charge in [-0.1, -0.05) is 37.1 Å². The molecule has 0 bridgehead atoms. The summed E-state index contributed by atoms with van der Waals surface area (Å²) in [5, 5.41) is 0. The van der Waals surface area contributed by atoms with E-state index in [1.165, 1.54) is 43.2 Å². The Morgan fingerprint density at radius 2 is 2.10 bits per heavy atom. The van der Waals surface area contributed by atoms with Gasteiger partial charge in [0, 0.05) is 12.6 Å². The number of benzene rings is 1. The Bertz CT molecular complexity index is 468. The molecule has 1 aromatic carbocycles. The molecular weight excluding hydrogens is 260 g/mol. The predicted octanol–water partition coefficient (Wildman–Crippen LogP) is 3.11. The summed E-state index contributed by atoms with van der Waals surface area (Å²) in [7, 11) is 0. The molecule has 1 aliphatic carbocycles. The van der Waals surface area contributed by atoms with E-state index in [0.29, 0.717) is 12.0 Å². The summed E-state index contributed by atoms with van der Waals surface area (Å²) in [6.45, 7) is 3.09. The van der Waals surface area contributed by atoms with Gasteiger partial charge in [0.1, 0.15) is 0 Å². The van der Waals surface area contributed by atoms with Crippen molar-refractivity contribution in [2.45, 2.75) is 63.5 Å². The van der Waals surface area contributed by atoms with Crippen LogP contribution in [0, 0.1) is 12.8 Å². The van der Waals surface area contributed by atoms with Gasteiger partial charge in [-0.2, -0.15) is 0 Å². The van der Waals surface area contributed by atoms with Gasteiger partial charge in [-0.05, 0) is 56.1 Å². The lowest BCUT2D eigenvalue weighted by atomic mass is 9.79. The second kappa shape index (κ2) is 6.47. The van der Waals surface area contributed by atoms with E-state index in [9.17, 15) is 0 Å². The molecule has 0 aromatic heterocycles. The molecule has 1 aromatic rings. The van der Waals surface area contributed by atoms with E-state index >= 15 is 0 Å². The molecule has 0 amide bonds. The molecule has 116 valence electrons. The van der Waals surface area contributed by atoms with Crippen molar-refractivity contribution in [3.05, 3.63) is 35.4 Å². The van der Waals surface area contributed by atoms with Gasteiger partial charge in [-0.25, -0.2) is 0 Å². The Kier molecular flexibility index (Phi) is 4.63. The normalized spacial score (nSPS) is 26.1. The Hall–Kier alpha value is -0.900. The standard InChI is InChI=1S/C18H28N2O/c1-14-6-2-3-7-15(14)12-17(20-19)16-8-11-21-18(13-16)9-4-5-10-18/h2-3,6-7,16-17,20H,4-5,8-13,19H2,1H3. The summed E-state index contributed by atoms with van der Waals surface area (Å²) in [6.07, 6.45) is 8.45. The summed E-state index contributed by atoms with van der Waals surface area (Å²) in [4.78, 5) is 0. The summed E-state index contributed by atoms with van der Waals surface area (Å²) >= 11 is 0. The van der Waals surface area contributed by atoms with E-state index in [-0.39, 0.29) is 5.60 Å². The first kappa shape index (κ1) is 15.0. The molecule has 2 fully saturated rings. The van der Waals surface area contributed by atoms with Gasteiger partial charge < -0.3 is 4.74 Å². The molecule has 2 aliphatic rings. The molecule has 21 heavy (non-hydrogen) atoms. The van der Waals surface area contributed by atoms with Crippen molar-refractivity contribution >= 4 is 0 Å². The van der Waals surface area contributed by atoms with E-state index in [2.05, 4.69) is 36.6 Å². The zero-order chi connectivity index (χ0) is 14.7. The highest BCUT2D eigenvalue weighted by molar-refractivity contribution is 5.26. The van der Waals surface area contributed by atoms with Gasteiger partial charge in [0.05, 0.1) is 5.60 Å². The topological polar surface area (TPSA) is 47.3 Å². The van der Waals surface area contributed by atoms with Crippen LogP contribution in [0.4, 0.5) is 0 Å². The summed E-state index contributed by atoms with van der Waals surface area (Å²) in [5.41, 5.74) is 6.04. The van der Waals surface area contributed by atoms with Gasteiger partial charge in [0.15, 0.2) is 0 Å². The molecule has 1 saturated heterocycles. The molecule has 1 heterocycles. The SMILES string of the molecule is Cc1ccccc1CC(NN)C1CCOC2(CCCC2)C1. The fourth-order valence-electron chi connectivity index (χ4n) is 4.21. The third-order valence-electron chi connectivity index (χ3n) is 5.53. The molecule has 3 nitrogen and oxygen atoms in total. The molecular formula is C18H28N2O. The van der Waals surface area contributed by atoms with Crippen molar-refractivity contribution in [3.8, 4) is 0 Å². The highest BCUT2D eigenvalue weighted by Gasteiger charge is 2.41.